The maximum atomic E-state index is 2.75. The van der Waals surface area contributed by atoms with Gasteiger partial charge in [0.25, 0.3) is 0 Å². The van der Waals surface area contributed by atoms with Crippen LogP contribution in [0.15, 0.2) is 169 Å². The molecule has 12 rings (SSSR count). The topological polar surface area (TPSA) is 6.48 Å². The summed E-state index contributed by atoms with van der Waals surface area (Å²) >= 11 is 0. The average Bonchev–Trinajstić information content (AvgIpc) is 3.69. The summed E-state index contributed by atoms with van der Waals surface area (Å²) in [5.74, 6) is 2.22. The highest BCUT2D eigenvalue weighted by molar-refractivity contribution is 5.83. The van der Waals surface area contributed by atoms with Crippen molar-refractivity contribution in [1.29, 1.82) is 0 Å². The summed E-state index contributed by atoms with van der Waals surface area (Å²) in [6, 6.07) is 32.2. The number of hydrogen-bond donors (Lipinski definition) is 0. The molecule has 8 aliphatic rings. The number of hydrogen-bond acceptors (Lipinski definition) is 2. The SMILES string of the molecule is C1=CCC2C=CC3C(C2=C1)C1C=CC=CC1N3c1ccccc1-c1ccc(N(c2ccc(-c3cc4c(c5c3C=CCC5)CCCC4)cc2)C2CC=C(C3CC=CCC3)CC2)cc1. The van der Waals surface area contributed by atoms with Crippen molar-refractivity contribution in [2.45, 2.75) is 102 Å². The number of allylic oxidation sites excluding steroid dienone is 10. The lowest BCUT2D eigenvalue weighted by molar-refractivity contribution is 0.448. The molecule has 0 amide bonds. The first-order valence-electron chi connectivity index (χ1n) is 24.2. The Hall–Kier alpha value is -5.60. The molecule has 2 heteroatoms. The van der Waals surface area contributed by atoms with Crippen LogP contribution in [0.5, 0.6) is 0 Å². The third-order valence-corrected chi connectivity index (χ3v) is 16.1. The second-order valence-electron chi connectivity index (χ2n) is 19.4. The number of aryl methyl sites for hydroxylation is 1. The maximum absolute atomic E-state index is 2.75. The van der Waals surface area contributed by atoms with Crippen LogP contribution in [0.4, 0.5) is 17.1 Å². The Bertz CT molecular complexity index is 2610. The fraction of sp³-hybridized carbons (Fsp3) is 0.333. The monoisotopic (exact) mass is 808 g/mol. The Balaban J connectivity index is 0.891. The molecule has 1 fully saturated rings. The Morgan fingerprint density at radius 1 is 0.597 bits per heavy atom. The van der Waals surface area contributed by atoms with E-state index in [1.165, 1.54) is 116 Å². The predicted octanol–water partition coefficient (Wildman–Crippen LogP) is 14.8. The van der Waals surface area contributed by atoms with Gasteiger partial charge in [-0.05, 0) is 159 Å². The summed E-state index contributed by atoms with van der Waals surface area (Å²) in [5.41, 5.74) is 19.0. The fourth-order valence-electron chi connectivity index (χ4n) is 13.1. The van der Waals surface area contributed by atoms with Crippen LogP contribution < -0.4 is 9.80 Å². The number of fused-ring (bicyclic) bond motifs is 8. The molecule has 0 aromatic heterocycles. The zero-order valence-corrected chi connectivity index (χ0v) is 36.2. The van der Waals surface area contributed by atoms with E-state index in [0.717, 1.165) is 18.8 Å². The van der Waals surface area contributed by atoms with Crippen molar-refractivity contribution >= 4 is 23.1 Å². The number of benzene rings is 4. The maximum Gasteiger partial charge on any atom is 0.0552 e. The van der Waals surface area contributed by atoms with E-state index in [9.17, 15) is 0 Å². The van der Waals surface area contributed by atoms with Crippen molar-refractivity contribution in [3.63, 3.8) is 0 Å². The third kappa shape index (κ3) is 6.68. The van der Waals surface area contributed by atoms with Gasteiger partial charge < -0.3 is 9.80 Å². The first-order chi connectivity index (χ1) is 30.8. The number of para-hydroxylation sites is 1. The van der Waals surface area contributed by atoms with Crippen molar-refractivity contribution in [3.05, 3.63) is 191 Å². The first kappa shape index (κ1) is 38.1. The largest absolute Gasteiger partial charge is 0.357 e. The van der Waals surface area contributed by atoms with Gasteiger partial charge >= 0.3 is 0 Å². The zero-order chi connectivity index (χ0) is 41.0. The van der Waals surface area contributed by atoms with E-state index >= 15 is 0 Å². The van der Waals surface area contributed by atoms with Crippen LogP contribution in [-0.2, 0) is 19.3 Å². The van der Waals surface area contributed by atoms with Gasteiger partial charge in [0.15, 0.2) is 0 Å². The van der Waals surface area contributed by atoms with Crippen LogP contribution in [0.2, 0.25) is 0 Å². The average molecular weight is 809 g/mol. The van der Waals surface area contributed by atoms with Gasteiger partial charge in [0.1, 0.15) is 0 Å². The molecule has 0 spiro atoms. The van der Waals surface area contributed by atoms with E-state index in [1.54, 1.807) is 27.8 Å². The van der Waals surface area contributed by atoms with Gasteiger partial charge in [-0.2, -0.15) is 0 Å². The molecule has 1 saturated heterocycles. The molecule has 0 N–H and O–H groups in total. The van der Waals surface area contributed by atoms with E-state index in [-0.39, 0.29) is 0 Å². The smallest absolute Gasteiger partial charge is 0.0552 e. The van der Waals surface area contributed by atoms with Crippen LogP contribution in [0.3, 0.4) is 0 Å². The van der Waals surface area contributed by atoms with E-state index in [2.05, 4.69) is 174 Å². The van der Waals surface area contributed by atoms with Crippen LogP contribution in [0, 0.1) is 23.7 Å². The van der Waals surface area contributed by atoms with Crippen LogP contribution >= 0.6 is 0 Å². The lowest BCUT2D eigenvalue weighted by atomic mass is 9.70. The van der Waals surface area contributed by atoms with Crippen molar-refractivity contribution in [2.24, 2.45) is 23.7 Å². The van der Waals surface area contributed by atoms with E-state index in [0.29, 0.717) is 35.9 Å². The van der Waals surface area contributed by atoms with Gasteiger partial charge in [-0.3, -0.25) is 0 Å². The minimum absolute atomic E-state index is 0.334. The van der Waals surface area contributed by atoms with Crippen molar-refractivity contribution in [2.75, 3.05) is 9.80 Å². The standard InChI is InChI=1S/C60H60N2/c1-2-14-41(15-3-1)42-26-33-47(34-27-42)61(49-37-30-45(31-38-49)56-40-46-17-5-6-18-50(46)53-21-8-9-22-54(53)56)48-35-28-44(29-36-48)51-19-10-12-24-57(51)62-58-25-13-11-23-55(58)60-52-20-7-4-16-43(52)32-39-59(60)62/h1-2,4,7,9-13,19-20,22-26,28-32,35-41,43,47,55,58-60H,3,5-6,8,14-18,21,27,33-34H2. The van der Waals surface area contributed by atoms with E-state index in [1.807, 2.05) is 0 Å². The van der Waals surface area contributed by atoms with Crippen LogP contribution in [-0.4, -0.2) is 18.1 Å². The van der Waals surface area contributed by atoms with Gasteiger partial charge in [0.2, 0.25) is 0 Å². The highest BCUT2D eigenvalue weighted by Crippen LogP contribution is 2.52. The molecule has 7 atom stereocenters. The molecular formula is C60H60N2. The van der Waals surface area contributed by atoms with Gasteiger partial charge in [-0.15, -0.1) is 0 Å². The minimum Gasteiger partial charge on any atom is -0.357 e. The predicted molar refractivity (Wildman–Crippen MR) is 262 cm³/mol. The lowest BCUT2D eigenvalue weighted by Gasteiger charge is -2.38. The number of rotatable bonds is 7. The Kier molecular flexibility index (Phi) is 10.00. The Morgan fingerprint density at radius 2 is 1.42 bits per heavy atom. The summed E-state index contributed by atoms with van der Waals surface area (Å²) in [4.78, 5) is 5.43. The molecule has 1 heterocycles. The fourth-order valence-corrected chi connectivity index (χ4v) is 13.1. The van der Waals surface area contributed by atoms with Gasteiger partial charge in [0, 0.05) is 46.4 Å². The molecule has 0 saturated carbocycles. The van der Waals surface area contributed by atoms with Crippen LogP contribution in [0.1, 0.15) is 86.5 Å². The van der Waals surface area contributed by atoms with Gasteiger partial charge in [0.05, 0.1) is 12.1 Å². The summed E-state index contributed by atoms with van der Waals surface area (Å²) in [7, 11) is 0. The van der Waals surface area contributed by atoms with E-state index in [4.69, 9.17) is 0 Å². The Morgan fingerprint density at radius 3 is 2.24 bits per heavy atom. The second kappa shape index (κ2) is 16.3. The third-order valence-electron chi connectivity index (χ3n) is 16.1. The summed E-state index contributed by atoms with van der Waals surface area (Å²) in [6.07, 6.45) is 49.7. The highest BCUT2D eigenvalue weighted by atomic mass is 15.2. The molecule has 0 bridgehead atoms. The van der Waals surface area contributed by atoms with E-state index < -0.39 is 0 Å². The highest BCUT2D eigenvalue weighted by Gasteiger charge is 2.50. The molecule has 7 unspecified atom stereocenters. The summed E-state index contributed by atoms with van der Waals surface area (Å²) < 4.78 is 0. The number of anilines is 3. The van der Waals surface area contributed by atoms with Crippen molar-refractivity contribution < 1.29 is 0 Å². The molecule has 4 aromatic rings. The molecule has 4 aromatic carbocycles. The van der Waals surface area contributed by atoms with Gasteiger partial charge in [-0.25, -0.2) is 0 Å². The minimum atomic E-state index is 0.334. The summed E-state index contributed by atoms with van der Waals surface area (Å²) in [5, 5.41) is 0. The summed E-state index contributed by atoms with van der Waals surface area (Å²) in [6.45, 7) is 0. The van der Waals surface area contributed by atoms with Gasteiger partial charge in [-0.1, -0.05) is 145 Å². The van der Waals surface area contributed by atoms with Crippen molar-refractivity contribution in [3.8, 4) is 22.3 Å². The molecule has 310 valence electrons. The number of nitrogens with zero attached hydrogens (tertiary/aromatic N) is 2. The molecular weight excluding hydrogens is 749 g/mol. The molecule has 7 aliphatic carbocycles. The molecule has 62 heavy (non-hydrogen) atoms. The first-order valence-corrected chi connectivity index (χ1v) is 24.2. The molecule has 1 aliphatic heterocycles. The Labute approximate surface area is 370 Å². The van der Waals surface area contributed by atoms with Crippen molar-refractivity contribution in [1.82, 2.24) is 0 Å². The van der Waals surface area contributed by atoms with Crippen LogP contribution in [0.25, 0.3) is 28.3 Å². The quantitative estimate of drug-likeness (QED) is 0.172. The second-order valence-corrected chi connectivity index (χ2v) is 19.4. The lowest BCUT2D eigenvalue weighted by Crippen LogP contribution is -2.38. The molecule has 2 nitrogen and oxygen atoms in total. The molecule has 0 radical (unpaired) electrons. The normalized spacial score (nSPS) is 27.7. The zero-order valence-electron chi connectivity index (χ0n) is 36.2.